The van der Waals surface area contributed by atoms with Gasteiger partial charge >= 0.3 is 0 Å². The molecule has 94 valence electrons. The van der Waals surface area contributed by atoms with Crippen LogP contribution in [0.2, 0.25) is 0 Å². The van der Waals surface area contributed by atoms with Gasteiger partial charge in [-0.25, -0.2) is 0 Å². The molecular weight excluding hydrogens is 224 g/mol. The van der Waals surface area contributed by atoms with Crippen LogP contribution in [0.5, 0.6) is 5.75 Å². The van der Waals surface area contributed by atoms with Crippen molar-refractivity contribution in [2.45, 2.75) is 18.9 Å². The van der Waals surface area contributed by atoms with E-state index in [1.54, 1.807) is 7.11 Å². The number of aryl methyl sites for hydroxylation is 1. The lowest BCUT2D eigenvalue weighted by Gasteiger charge is -2.11. The van der Waals surface area contributed by atoms with E-state index in [0.717, 1.165) is 24.2 Å². The minimum absolute atomic E-state index is 0.395. The third-order valence-electron chi connectivity index (χ3n) is 3.05. The van der Waals surface area contributed by atoms with E-state index in [-0.39, 0.29) is 0 Å². The highest BCUT2D eigenvalue weighted by Gasteiger charge is 2.06. The van der Waals surface area contributed by atoms with Crippen LogP contribution < -0.4 is 4.74 Å². The number of benzene rings is 2. The Balaban J connectivity index is 1.91. The number of hydrogen-bond donors (Lipinski definition) is 1. The van der Waals surface area contributed by atoms with E-state index in [1.165, 1.54) is 5.56 Å². The van der Waals surface area contributed by atoms with Crippen molar-refractivity contribution < 1.29 is 9.84 Å². The summed E-state index contributed by atoms with van der Waals surface area (Å²) in [5, 5.41) is 10.1. The standard InChI is InChI=1S/C16H18O2/c1-18-15-10-7-13(8-11-15)9-12-16(17)14-5-3-2-4-6-14/h2-8,10-11,16-17H,9,12H2,1H3. The first-order valence-corrected chi connectivity index (χ1v) is 6.15. The second-order valence-electron chi connectivity index (χ2n) is 4.31. The van der Waals surface area contributed by atoms with Gasteiger partial charge in [-0.2, -0.15) is 0 Å². The zero-order chi connectivity index (χ0) is 12.8. The largest absolute Gasteiger partial charge is 0.497 e. The molecule has 2 nitrogen and oxygen atoms in total. The average Bonchev–Trinajstić information content (AvgIpc) is 2.46. The first-order chi connectivity index (χ1) is 8.79. The monoisotopic (exact) mass is 242 g/mol. The van der Waals surface area contributed by atoms with Crippen molar-refractivity contribution >= 4 is 0 Å². The second-order valence-corrected chi connectivity index (χ2v) is 4.31. The molecule has 0 fully saturated rings. The van der Waals surface area contributed by atoms with Gasteiger partial charge in [0.05, 0.1) is 13.2 Å². The Morgan fingerprint density at radius 3 is 2.28 bits per heavy atom. The van der Waals surface area contributed by atoms with Crippen molar-refractivity contribution in [3.8, 4) is 5.75 Å². The van der Waals surface area contributed by atoms with Gasteiger partial charge in [0.2, 0.25) is 0 Å². The van der Waals surface area contributed by atoms with Gasteiger partial charge in [0.15, 0.2) is 0 Å². The van der Waals surface area contributed by atoms with Gasteiger partial charge in [0, 0.05) is 0 Å². The highest BCUT2D eigenvalue weighted by Crippen LogP contribution is 2.19. The molecule has 0 aliphatic rings. The summed E-state index contributed by atoms with van der Waals surface area (Å²) in [5.41, 5.74) is 2.19. The molecule has 18 heavy (non-hydrogen) atoms. The number of aliphatic hydroxyl groups excluding tert-OH is 1. The highest BCUT2D eigenvalue weighted by atomic mass is 16.5. The minimum Gasteiger partial charge on any atom is -0.497 e. The second kappa shape index (κ2) is 6.22. The topological polar surface area (TPSA) is 29.5 Å². The molecule has 0 aromatic heterocycles. The van der Waals surface area contributed by atoms with Crippen molar-refractivity contribution in [1.82, 2.24) is 0 Å². The van der Waals surface area contributed by atoms with Crippen molar-refractivity contribution in [1.29, 1.82) is 0 Å². The molecule has 2 aromatic carbocycles. The van der Waals surface area contributed by atoms with Crippen LogP contribution in [0.1, 0.15) is 23.7 Å². The molecule has 2 heteroatoms. The third kappa shape index (κ3) is 3.34. The van der Waals surface area contributed by atoms with Crippen LogP contribution in [0.4, 0.5) is 0 Å². The van der Waals surface area contributed by atoms with Crippen molar-refractivity contribution in [2.24, 2.45) is 0 Å². The summed E-state index contributed by atoms with van der Waals surface area (Å²) in [7, 11) is 1.66. The molecule has 2 rings (SSSR count). The summed E-state index contributed by atoms with van der Waals surface area (Å²) >= 11 is 0. The Hall–Kier alpha value is -1.80. The van der Waals surface area contributed by atoms with E-state index in [4.69, 9.17) is 4.74 Å². The van der Waals surface area contributed by atoms with E-state index >= 15 is 0 Å². The number of methoxy groups -OCH3 is 1. The summed E-state index contributed by atoms with van der Waals surface area (Å²) in [4.78, 5) is 0. The highest BCUT2D eigenvalue weighted by molar-refractivity contribution is 5.27. The Labute approximate surface area is 108 Å². The Morgan fingerprint density at radius 2 is 1.67 bits per heavy atom. The predicted octanol–water partition coefficient (Wildman–Crippen LogP) is 3.36. The third-order valence-corrected chi connectivity index (χ3v) is 3.05. The lowest BCUT2D eigenvalue weighted by molar-refractivity contribution is 0.168. The van der Waals surface area contributed by atoms with Gasteiger partial charge in [-0.1, -0.05) is 42.5 Å². The molecule has 0 aliphatic carbocycles. The van der Waals surface area contributed by atoms with Gasteiger partial charge in [0.1, 0.15) is 5.75 Å². The Kier molecular flexibility index (Phi) is 4.37. The summed E-state index contributed by atoms with van der Waals surface area (Å²) < 4.78 is 5.11. The van der Waals surface area contributed by atoms with Gasteiger partial charge in [-0.05, 0) is 36.1 Å². The molecule has 0 saturated heterocycles. The first-order valence-electron chi connectivity index (χ1n) is 6.15. The average molecular weight is 242 g/mol. The molecule has 0 spiro atoms. The van der Waals surface area contributed by atoms with Gasteiger partial charge in [-0.3, -0.25) is 0 Å². The molecule has 1 unspecified atom stereocenters. The van der Waals surface area contributed by atoms with Gasteiger partial charge in [-0.15, -0.1) is 0 Å². The number of ether oxygens (including phenoxy) is 1. The van der Waals surface area contributed by atoms with E-state index in [1.807, 2.05) is 54.6 Å². The minimum atomic E-state index is -0.395. The molecule has 0 heterocycles. The predicted molar refractivity (Wildman–Crippen MR) is 72.7 cm³/mol. The summed E-state index contributed by atoms with van der Waals surface area (Å²) in [6, 6.07) is 17.7. The first kappa shape index (κ1) is 12.7. The fourth-order valence-electron chi connectivity index (χ4n) is 1.94. The lowest BCUT2D eigenvalue weighted by Crippen LogP contribution is -1.99. The maximum Gasteiger partial charge on any atom is 0.118 e. The van der Waals surface area contributed by atoms with Crippen LogP contribution >= 0.6 is 0 Å². The number of aliphatic hydroxyl groups is 1. The summed E-state index contributed by atoms with van der Waals surface area (Å²) in [6.07, 6.45) is 1.20. The molecule has 0 amide bonds. The van der Waals surface area contributed by atoms with Gasteiger partial charge < -0.3 is 9.84 Å². The van der Waals surface area contributed by atoms with Crippen LogP contribution in [0.3, 0.4) is 0 Å². The van der Waals surface area contributed by atoms with Crippen molar-refractivity contribution in [3.05, 3.63) is 65.7 Å². The van der Waals surface area contributed by atoms with Crippen molar-refractivity contribution in [3.63, 3.8) is 0 Å². The lowest BCUT2D eigenvalue weighted by atomic mass is 10.0. The van der Waals surface area contributed by atoms with E-state index in [2.05, 4.69) is 0 Å². The molecule has 2 aromatic rings. The maximum absolute atomic E-state index is 10.1. The molecular formula is C16H18O2. The SMILES string of the molecule is COc1ccc(CCC(O)c2ccccc2)cc1. The maximum atomic E-state index is 10.1. The molecule has 0 bridgehead atoms. The fraction of sp³-hybridized carbons (Fsp3) is 0.250. The van der Waals surface area contributed by atoms with Crippen LogP contribution in [0, 0.1) is 0 Å². The summed E-state index contributed by atoms with van der Waals surface area (Å²) in [5.74, 6) is 0.863. The van der Waals surface area contributed by atoms with Crippen molar-refractivity contribution in [2.75, 3.05) is 7.11 Å². The summed E-state index contributed by atoms with van der Waals surface area (Å²) in [6.45, 7) is 0. The molecule has 0 saturated carbocycles. The number of rotatable bonds is 5. The smallest absolute Gasteiger partial charge is 0.118 e. The fourth-order valence-corrected chi connectivity index (χ4v) is 1.94. The molecule has 1 N–H and O–H groups in total. The van der Waals surface area contributed by atoms with Gasteiger partial charge in [0.25, 0.3) is 0 Å². The molecule has 0 aliphatic heterocycles. The zero-order valence-corrected chi connectivity index (χ0v) is 10.5. The van der Waals surface area contributed by atoms with Crippen LogP contribution in [0.15, 0.2) is 54.6 Å². The van der Waals surface area contributed by atoms with Crippen LogP contribution in [-0.4, -0.2) is 12.2 Å². The van der Waals surface area contributed by atoms with Crippen LogP contribution in [0.25, 0.3) is 0 Å². The number of hydrogen-bond acceptors (Lipinski definition) is 2. The zero-order valence-electron chi connectivity index (χ0n) is 10.5. The molecule has 1 atom stereocenters. The Bertz CT molecular complexity index is 462. The van der Waals surface area contributed by atoms with Crippen LogP contribution in [-0.2, 0) is 6.42 Å². The van der Waals surface area contributed by atoms with E-state index < -0.39 is 6.10 Å². The normalized spacial score (nSPS) is 12.1. The van der Waals surface area contributed by atoms with E-state index in [0.29, 0.717) is 0 Å². The Morgan fingerprint density at radius 1 is 1.00 bits per heavy atom. The quantitative estimate of drug-likeness (QED) is 0.871. The van der Waals surface area contributed by atoms with E-state index in [9.17, 15) is 5.11 Å². The molecule has 0 radical (unpaired) electrons.